The zero-order valence-electron chi connectivity index (χ0n) is 24.8. The van der Waals surface area contributed by atoms with Crippen molar-refractivity contribution in [2.24, 2.45) is 0 Å². The van der Waals surface area contributed by atoms with E-state index in [2.05, 4.69) is 10.6 Å². The van der Waals surface area contributed by atoms with E-state index >= 15 is 0 Å². The van der Waals surface area contributed by atoms with Crippen LogP contribution >= 0.6 is 0 Å². The Labute approximate surface area is 247 Å². The molecule has 2 N–H and O–H groups in total. The van der Waals surface area contributed by atoms with Crippen LogP contribution in [0.25, 0.3) is 10.8 Å². The molecule has 0 aliphatic rings. The molecule has 0 aromatic heterocycles. The Balaban J connectivity index is 1.70. The summed E-state index contributed by atoms with van der Waals surface area (Å²) in [6.45, 7) is 9.03. The maximum absolute atomic E-state index is 14.4. The van der Waals surface area contributed by atoms with Gasteiger partial charge < -0.3 is 20.3 Å². The Morgan fingerprint density at radius 2 is 1.38 bits per heavy atom. The fourth-order valence-corrected chi connectivity index (χ4v) is 4.91. The largest absolute Gasteiger partial charge is 0.444 e. The minimum absolute atomic E-state index is 0.232. The van der Waals surface area contributed by atoms with Crippen LogP contribution in [0, 0.1) is 0 Å². The van der Waals surface area contributed by atoms with Crippen molar-refractivity contribution in [3.63, 3.8) is 0 Å². The second-order valence-electron chi connectivity index (χ2n) is 11.6. The van der Waals surface area contributed by atoms with E-state index in [1.807, 2.05) is 117 Å². The first-order valence-corrected chi connectivity index (χ1v) is 14.2. The number of ether oxygens (including phenoxy) is 1. The summed E-state index contributed by atoms with van der Waals surface area (Å²) in [5, 5.41) is 7.88. The number of carbonyl (C=O) groups excluding carboxylic acids is 3. The topological polar surface area (TPSA) is 87.7 Å². The first kappa shape index (κ1) is 30.3. The summed E-state index contributed by atoms with van der Waals surface area (Å²) in [4.78, 5) is 42.9. The minimum Gasteiger partial charge on any atom is -0.444 e. The van der Waals surface area contributed by atoms with Crippen molar-refractivity contribution in [1.82, 2.24) is 10.2 Å². The predicted octanol–water partition coefficient (Wildman–Crippen LogP) is 6.89. The first-order chi connectivity index (χ1) is 20.0. The number of carbonyl (C=O) groups is 3. The van der Waals surface area contributed by atoms with Gasteiger partial charge in [0.15, 0.2) is 0 Å². The lowest BCUT2D eigenvalue weighted by Gasteiger charge is -2.37. The molecule has 4 aromatic rings. The second-order valence-corrected chi connectivity index (χ2v) is 11.6. The number of hydrogen-bond acceptors (Lipinski definition) is 4. The molecule has 7 nitrogen and oxygen atoms in total. The highest BCUT2D eigenvalue weighted by Gasteiger charge is 2.38. The number of benzene rings is 4. The number of nitrogens with zero attached hydrogens (tertiary/aromatic N) is 1. The molecule has 0 saturated heterocycles. The molecule has 0 heterocycles. The summed E-state index contributed by atoms with van der Waals surface area (Å²) < 4.78 is 5.50. The van der Waals surface area contributed by atoms with Gasteiger partial charge in [0.25, 0.3) is 5.91 Å². The quantitative estimate of drug-likeness (QED) is 0.231. The normalized spacial score (nSPS) is 12.8. The van der Waals surface area contributed by atoms with E-state index in [1.54, 1.807) is 25.7 Å². The smallest absolute Gasteiger partial charge is 0.408 e. The van der Waals surface area contributed by atoms with Crippen molar-refractivity contribution in [3.8, 4) is 0 Å². The summed E-state index contributed by atoms with van der Waals surface area (Å²) in [6.07, 6.45) is -0.465. The van der Waals surface area contributed by atoms with Gasteiger partial charge in [-0.3, -0.25) is 9.59 Å². The van der Waals surface area contributed by atoms with Crippen molar-refractivity contribution in [1.29, 1.82) is 0 Å². The van der Waals surface area contributed by atoms with Crippen LogP contribution in [0.2, 0.25) is 0 Å². The van der Waals surface area contributed by atoms with Crippen LogP contribution in [0.1, 0.15) is 51.8 Å². The number of nitrogens with one attached hydrogen (secondary N) is 2. The highest BCUT2D eigenvalue weighted by atomic mass is 16.6. The van der Waals surface area contributed by atoms with Crippen LogP contribution in [-0.4, -0.2) is 40.5 Å². The number of hydrogen-bond donors (Lipinski definition) is 2. The van der Waals surface area contributed by atoms with Crippen molar-refractivity contribution >= 4 is 34.4 Å². The predicted molar refractivity (Wildman–Crippen MR) is 167 cm³/mol. The van der Waals surface area contributed by atoms with Gasteiger partial charge in [0.1, 0.15) is 17.7 Å². The molecule has 0 aliphatic carbocycles. The van der Waals surface area contributed by atoms with E-state index in [0.29, 0.717) is 11.3 Å². The summed E-state index contributed by atoms with van der Waals surface area (Å²) in [7, 11) is 0. The van der Waals surface area contributed by atoms with E-state index in [4.69, 9.17) is 4.74 Å². The van der Waals surface area contributed by atoms with Gasteiger partial charge in [0.2, 0.25) is 5.91 Å². The lowest BCUT2D eigenvalue weighted by atomic mass is 9.98. The second kappa shape index (κ2) is 13.3. The summed E-state index contributed by atoms with van der Waals surface area (Å²) >= 11 is 0. The molecule has 4 aromatic carbocycles. The zero-order valence-corrected chi connectivity index (χ0v) is 24.8. The van der Waals surface area contributed by atoms with Crippen LogP contribution in [0.3, 0.4) is 0 Å². The molecular weight excluding hydrogens is 526 g/mol. The van der Waals surface area contributed by atoms with Gasteiger partial charge in [-0.05, 0) is 68.7 Å². The van der Waals surface area contributed by atoms with Gasteiger partial charge in [-0.15, -0.1) is 0 Å². The lowest BCUT2D eigenvalue weighted by Crippen LogP contribution is -2.55. The first-order valence-electron chi connectivity index (χ1n) is 14.2. The lowest BCUT2D eigenvalue weighted by molar-refractivity contribution is -0.142. The SMILES string of the molecule is CC(C)N(C(=O)C(Cc1ccccc1)NC(=O)OC(C)(C)C)C(C(=O)Nc1ccc2ccccc2c1)c1ccccc1. The van der Waals surface area contributed by atoms with E-state index in [-0.39, 0.29) is 24.3 Å². The van der Waals surface area contributed by atoms with Gasteiger partial charge in [-0.1, -0.05) is 91.0 Å². The number of rotatable bonds is 9. The maximum atomic E-state index is 14.4. The average Bonchev–Trinajstić information content (AvgIpc) is 2.95. The Kier molecular flexibility index (Phi) is 9.63. The molecule has 42 heavy (non-hydrogen) atoms. The molecule has 4 rings (SSSR count). The van der Waals surface area contributed by atoms with E-state index in [9.17, 15) is 14.4 Å². The third-order valence-corrected chi connectivity index (χ3v) is 6.74. The standard InChI is InChI=1S/C35H39N3O4/c1-24(2)38(33(40)30(22-25-14-8-6-9-15-25)37-34(41)42-35(3,4)5)31(27-17-10-7-11-18-27)32(39)36-29-21-20-26-16-12-13-19-28(26)23-29/h6-21,23-24,30-31H,22H2,1-5H3,(H,36,39)(H,37,41). The van der Waals surface area contributed by atoms with Gasteiger partial charge in [-0.2, -0.15) is 0 Å². The van der Waals surface area contributed by atoms with Crippen molar-refractivity contribution in [2.75, 3.05) is 5.32 Å². The molecule has 0 aliphatic heterocycles. The van der Waals surface area contributed by atoms with Crippen LogP contribution in [0.5, 0.6) is 0 Å². The summed E-state index contributed by atoms with van der Waals surface area (Å²) in [6, 6.07) is 30.0. The highest BCUT2D eigenvalue weighted by Crippen LogP contribution is 2.28. The molecule has 0 saturated carbocycles. The number of alkyl carbamates (subject to hydrolysis) is 1. The van der Waals surface area contributed by atoms with Crippen molar-refractivity contribution in [2.45, 2.75) is 64.8 Å². The van der Waals surface area contributed by atoms with E-state index in [1.165, 1.54) is 0 Å². The van der Waals surface area contributed by atoms with Crippen LogP contribution in [-0.2, 0) is 20.7 Å². The Morgan fingerprint density at radius 1 is 0.786 bits per heavy atom. The molecule has 3 amide bonds. The monoisotopic (exact) mass is 565 g/mol. The van der Waals surface area contributed by atoms with Gasteiger partial charge in [0.05, 0.1) is 0 Å². The summed E-state index contributed by atoms with van der Waals surface area (Å²) in [5.74, 6) is -0.739. The number of fused-ring (bicyclic) bond motifs is 1. The Bertz CT molecular complexity index is 1510. The Morgan fingerprint density at radius 3 is 2.00 bits per heavy atom. The molecule has 7 heteroatoms. The molecule has 0 bridgehead atoms. The molecule has 2 unspecified atom stereocenters. The molecule has 0 spiro atoms. The van der Waals surface area contributed by atoms with Gasteiger partial charge in [-0.25, -0.2) is 4.79 Å². The van der Waals surface area contributed by atoms with Crippen molar-refractivity contribution < 1.29 is 19.1 Å². The third kappa shape index (κ3) is 7.97. The molecule has 0 fully saturated rings. The van der Waals surface area contributed by atoms with Crippen LogP contribution in [0.15, 0.2) is 103 Å². The fourth-order valence-electron chi connectivity index (χ4n) is 4.91. The molecule has 2 atom stereocenters. The molecular formula is C35H39N3O4. The third-order valence-electron chi connectivity index (χ3n) is 6.74. The fraction of sp³-hybridized carbons (Fsp3) is 0.286. The molecule has 218 valence electrons. The molecule has 0 radical (unpaired) electrons. The number of anilines is 1. The van der Waals surface area contributed by atoms with Crippen LogP contribution in [0.4, 0.5) is 10.5 Å². The van der Waals surface area contributed by atoms with Gasteiger partial charge >= 0.3 is 6.09 Å². The van der Waals surface area contributed by atoms with E-state index in [0.717, 1.165) is 16.3 Å². The minimum atomic E-state index is -0.968. The summed E-state index contributed by atoms with van der Waals surface area (Å²) in [5.41, 5.74) is 1.42. The number of amides is 3. The van der Waals surface area contributed by atoms with E-state index < -0.39 is 23.8 Å². The zero-order chi connectivity index (χ0) is 30.3. The van der Waals surface area contributed by atoms with Gasteiger partial charge in [0, 0.05) is 18.2 Å². The highest BCUT2D eigenvalue weighted by molar-refractivity contribution is 6.00. The van der Waals surface area contributed by atoms with Crippen LogP contribution < -0.4 is 10.6 Å². The van der Waals surface area contributed by atoms with Crippen molar-refractivity contribution in [3.05, 3.63) is 114 Å². The maximum Gasteiger partial charge on any atom is 0.408 e. The average molecular weight is 566 g/mol. The Hall–Kier alpha value is -4.65.